The van der Waals surface area contributed by atoms with Gasteiger partial charge in [0.2, 0.25) is 0 Å². The van der Waals surface area contributed by atoms with Crippen LogP contribution in [0.25, 0.3) is 0 Å². The molecule has 0 radical (unpaired) electrons. The molecule has 0 unspecified atom stereocenters. The normalized spacial score (nSPS) is 14.1. The number of nitrogen functional groups attached to an aromatic ring is 1. The number of allylic oxidation sites excluding steroid dienone is 1. The number of thiophene rings is 1. The van der Waals surface area contributed by atoms with Crippen molar-refractivity contribution in [2.45, 2.75) is 32.6 Å². The largest absolute Gasteiger partial charge is 0.397 e. The molecule has 0 atom stereocenters. The third-order valence-corrected chi connectivity index (χ3v) is 4.35. The lowest BCUT2D eigenvalue weighted by atomic mass is 10.1. The summed E-state index contributed by atoms with van der Waals surface area (Å²) in [7, 11) is 1.63. The summed E-state index contributed by atoms with van der Waals surface area (Å²) in [6.45, 7) is 4.92. The second-order valence-corrected chi connectivity index (χ2v) is 6.12. The average molecular weight is 279 g/mol. The third kappa shape index (κ3) is 3.10. The molecule has 5 heteroatoms. The molecule has 0 saturated heterocycles. The number of nitrogens with two attached hydrogens (primary N) is 1. The minimum absolute atomic E-state index is 0.0975. The van der Waals surface area contributed by atoms with Crippen LogP contribution in [0.2, 0.25) is 0 Å². The zero-order valence-corrected chi connectivity index (χ0v) is 12.5. The van der Waals surface area contributed by atoms with Crippen molar-refractivity contribution in [1.29, 1.82) is 0 Å². The zero-order chi connectivity index (χ0) is 14.0. The van der Waals surface area contributed by atoms with Crippen molar-refractivity contribution < 1.29 is 4.79 Å². The fraction of sp³-hybridized carbons (Fsp3) is 0.500. The quantitative estimate of drug-likeness (QED) is 0.726. The van der Waals surface area contributed by atoms with Crippen LogP contribution in [0.15, 0.2) is 11.6 Å². The second kappa shape index (κ2) is 5.65. The Morgan fingerprint density at radius 3 is 2.68 bits per heavy atom. The van der Waals surface area contributed by atoms with E-state index in [9.17, 15) is 4.79 Å². The third-order valence-electron chi connectivity index (χ3n) is 3.18. The van der Waals surface area contributed by atoms with Gasteiger partial charge in [0, 0.05) is 19.2 Å². The first-order valence-corrected chi connectivity index (χ1v) is 7.37. The minimum atomic E-state index is -0.0975. The van der Waals surface area contributed by atoms with Gasteiger partial charge >= 0.3 is 0 Å². The van der Waals surface area contributed by atoms with Crippen molar-refractivity contribution in [3.05, 3.63) is 22.1 Å². The van der Waals surface area contributed by atoms with Crippen LogP contribution < -0.4 is 16.4 Å². The lowest BCUT2D eigenvalue weighted by Gasteiger charge is -2.05. The van der Waals surface area contributed by atoms with E-state index in [0.29, 0.717) is 16.5 Å². The summed E-state index contributed by atoms with van der Waals surface area (Å²) >= 11 is 1.46. The first kappa shape index (κ1) is 13.9. The Kier molecular flexibility index (Phi) is 4.14. The molecule has 1 aliphatic rings. The molecule has 1 saturated carbocycles. The summed E-state index contributed by atoms with van der Waals surface area (Å²) in [6, 6.07) is 0. The standard InChI is InChI=1S/C14H21N3OS/c1-8(2)6-7-17-14-10(9-4-5-9)11(15)12(19-14)13(18)16-3/h6,9,17H,4-5,7,15H2,1-3H3,(H,16,18). The summed E-state index contributed by atoms with van der Waals surface area (Å²) in [5.74, 6) is 0.434. The molecule has 0 spiro atoms. The smallest absolute Gasteiger partial charge is 0.263 e. The first-order valence-electron chi connectivity index (χ1n) is 6.56. The predicted molar refractivity (Wildman–Crippen MR) is 82.0 cm³/mol. The number of hydrogen-bond donors (Lipinski definition) is 3. The maximum Gasteiger partial charge on any atom is 0.263 e. The van der Waals surface area contributed by atoms with Gasteiger partial charge in [0.1, 0.15) is 4.88 Å². The fourth-order valence-electron chi connectivity index (χ4n) is 2.00. The Morgan fingerprint density at radius 2 is 2.16 bits per heavy atom. The summed E-state index contributed by atoms with van der Waals surface area (Å²) in [5, 5.41) is 7.09. The van der Waals surface area contributed by atoms with Crippen molar-refractivity contribution in [2.24, 2.45) is 0 Å². The van der Waals surface area contributed by atoms with Crippen molar-refractivity contribution >= 4 is 27.9 Å². The molecule has 1 aromatic heterocycles. The second-order valence-electron chi connectivity index (χ2n) is 5.10. The molecule has 104 valence electrons. The van der Waals surface area contributed by atoms with Crippen molar-refractivity contribution in [3.63, 3.8) is 0 Å². The maximum absolute atomic E-state index is 11.8. The number of hydrogen-bond acceptors (Lipinski definition) is 4. The number of carbonyl (C=O) groups excluding carboxylic acids is 1. The highest BCUT2D eigenvalue weighted by atomic mass is 32.1. The molecule has 19 heavy (non-hydrogen) atoms. The molecule has 0 aromatic carbocycles. The molecular formula is C14H21N3OS. The van der Waals surface area contributed by atoms with E-state index in [4.69, 9.17) is 5.73 Å². The van der Waals surface area contributed by atoms with Gasteiger partial charge in [-0.1, -0.05) is 11.6 Å². The van der Waals surface area contributed by atoms with Crippen LogP contribution in [0.5, 0.6) is 0 Å². The van der Waals surface area contributed by atoms with E-state index < -0.39 is 0 Å². The van der Waals surface area contributed by atoms with Gasteiger partial charge in [-0.3, -0.25) is 4.79 Å². The van der Waals surface area contributed by atoms with E-state index in [2.05, 4.69) is 30.6 Å². The lowest BCUT2D eigenvalue weighted by Crippen LogP contribution is -2.17. The van der Waals surface area contributed by atoms with Crippen LogP contribution >= 0.6 is 11.3 Å². The summed E-state index contributed by atoms with van der Waals surface area (Å²) in [6.07, 6.45) is 4.48. The van der Waals surface area contributed by atoms with Crippen molar-refractivity contribution in [2.75, 3.05) is 24.6 Å². The van der Waals surface area contributed by atoms with Crippen LogP contribution in [0, 0.1) is 0 Å². The minimum Gasteiger partial charge on any atom is -0.397 e. The molecule has 0 aliphatic heterocycles. The molecule has 4 nitrogen and oxygen atoms in total. The highest BCUT2D eigenvalue weighted by Crippen LogP contribution is 2.50. The molecule has 2 rings (SSSR count). The maximum atomic E-state index is 11.8. The van der Waals surface area contributed by atoms with E-state index in [1.54, 1.807) is 7.05 Å². The Hall–Kier alpha value is -1.49. The molecule has 1 heterocycles. The molecule has 4 N–H and O–H groups in total. The topological polar surface area (TPSA) is 67.2 Å². The van der Waals surface area contributed by atoms with Gasteiger partial charge in [-0.25, -0.2) is 0 Å². The van der Waals surface area contributed by atoms with Crippen LogP contribution in [-0.4, -0.2) is 19.5 Å². The Labute approximate surface area is 118 Å². The van der Waals surface area contributed by atoms with Crippen LogP contribution in [0.4, 0.5) is 10.7 Å². The van der Waals surface area contributed by atoms with Gasteiger partial charge in [0.05, 0.1) is 10.7 Å². The van der Waals surface area contributed by atoms with Gasteiger partial charge in [-0.2, -0.15) is 0 Å². The van der Waals surface area contributed by atoms with Crippen molar-refractivity contribution in [1.82, 2.24) is 5.32 Å². The molecule has 1 fully saturated rings. The number of anilines is 2. The lowest BCUT2D eigenvalue weighted by molar-refractivity contribution is 0.0968. The molecule has 1 aromatic rings. The highest BCUT2D eigenvalue weighted by Gasteiger charge is 2.32. The van der Waals surface area contributed by atoms with E-state index in [1.165, 1.54) is 29.8 Å². The molecule has 1 aliphatic carbocycles. The summed E-state index contributed by atoms with van der Waals surface area (Å²) in [4.78, 5) is 12.4. The van der Waals surface area contributed by atoms with Gasteiger partial charge in [0.25, 0.3) is 5.91 Å². The Morgan fingerprint density at radius 1 is 1.47 bits per heavy atom. The SMILES string of the molecule is CNC(=O)c1sc(NCC=C(C)C)c(C2CC2)c1N. The van der Waals surface area contributed by atoms with Gasteiger partial charge in [-0.05, 0) is 32.6 Å². The molecule has 0 bridgehead atoms. The highest BCUT2D eigenvalue weighted by molar-refractivity contribution is 7.18. The molecule has 1 amide bonds. The van der Waals surface area contributed by atoms with E-state index in [0.717, 1.165) is 17.1 Å². The van der Waals surface area contributed by atoms with E-state index in [1.807, 2.05) is 0 Å². The Bertz CT molecular complexity index is 511. The first-order chi connectivity index (χ1) is 9.04. The molecular weight excluding hydrogens is 258 g/mol. The number of carbonyl (C=O) groups is 1. The number of nitrogens with one attached hydrogen (secondary N) is 2. The summed E-state index contributed by atoms with van der Waals surface area (Å²) < 4.78 is 0. The van der Waals surface area contributed by atoms with Crippen molar-refractivity contribution in [3.8, 4) is 0 Å². The van der Waals surface area contributed by atoms with Gasteiger partial charge in [-0.15, -0.1) is 11.3 Å². The average Bonchev–Trinajstić information content (AvgIpc) is 3.13. The van der Waals surface area contributed by atoms with E-state index in [-0.39, 0.29) is 5.91 Å². The van der Waals surface area contributed by atoms with Gasteiger partial charge < -0.3 is 16.4 Å². The fourth-order valence-corrected chi connectivity index (χ4v) is 3.16. The van der Waals surface area contributed by atoms with E-state index >= 15 is 0 Å². The Balaban J connectivity index is 2.25. The van der Waals surface area contributed by atoms with Crippen LogP contribution in [0.1, 0.15) is 47.8 Å². The number of amides is 1. The summed E-state index contributed by atoms with van der Waals surface area (Å²) in [5.41, 5.74) is 9.22. The van der Waals surface area contributed by atoms with Crippen LogP contribution in [0.3, 0.4) is 0 Å². The number of rotatable bonds is 5. The van der Waals surface area contributed by atoms with Crippen LogP contribution in [-0.2, 0) is 0 Å². The monoisotopic (exact) mass is 279 g/mol. The van der Waals surface area contributed by atoms with Gasteiger partial charge in [0.15, 0.2) is 0 Å². The zero-order valence-electron chi connectivity index (χ0n) is 11.7. The predicted octanol–water partition coefficient (Wildman–Crippen LogP) is 2.95.